The normalized spacial score (nSPS) is 13.8. The van der Waals surface area contributed by atoms with Crippen molar-refractivity contribution < 1.29 is 0 Å². The predicted octanol–water partition coefficient (Wildman–Crippen LogP) is 2.34. The van der Waals surface area contributed by atoms with Crippen molar-refractivity contribution in [3.05, 3.63) is 46.0 Å². The number of rotatable bonds is 1. The Hall–Kier alpha value is -1.79. The van der Waals surface area contributed by atoms with Gasteiger partial charge >= 0.3 is 0 Å². The topological polar surface area (TPSA) is 52.7 Å². The number of benzene rings is 1. The quantitative estimate of drug-likeness (QED) is 0.648. The van der Waals surface area contributed by atoms with Crippen LogP contribution in [-0.2, 0) is 6.54 Å². The van der Waals surface area contributed by atoms with Crippen molar-refractivity contribution in [3.63, 3.8) is 0 Å². The molecule has 1 aromatic carbocycles. The third-order valence-corrected chi connectivity index (χ3v) is 4.45. The smallest absolute Gasteiger partial charge is 0.280 e. The van der Waals surface area contributed by atoms with Gasteiger partial charge in [-0.2, -0.15) is 0 Å². The number of fused-ring (bicyclic) bond motifs is 2. The number of aromatic nitrogens is 4. The zero-order valence-corrected chi connectivity index (χ0v) is 11.9. The van der Waals surface area contributed by atoms with Crippen molar-refractivity contribution in [1.29, 1.82) is 0 Å². The van der Waals surface area contributed by atoms with E-state index in [2.05, 4.69) is 9.97 Å². The van der Waals surface area contributed by atoms with Crippen molar-refractivity contribution >= 4 is 34.5 Å². The second kappa shape index (κ2) is 4.36. The summed E-state index contributed by atoms with van der Waals surface area (Å²) in [6.07, 6.45) is 1.62. The molecule has 0 saturated heterocycles. The molecule has 3 aromatic rings. The van der Waals surface area contributed by atoms with Crippen LogP contribution in [0.3, 0.4) is 0 Å². The Morgan fingerprint density at radius 2 is 2.25 bits per heavy atom. The second-order valence-electron chi connectivity index (χ2n) is 4.47. The van der Waals surface area contributed by atoms with Gasteiger partial charge in [-0.25, -0.2) is 9.97 Å². The van der Waals surface area contributed by atoms with E-state index < -0.39 is 0 Å². The number of hydrogen-bond acceptors (Lipinski definition) is 4. The number of imidazole rings is 1. The van der Waals surface area contributed by atoms with Crippen LogP contribution >= 0.6 is 23.4 Å². The summed E-state index contributed by atoms with van der Waals surface area (Å²) in [6.45, 7) is 0.697. The third-order valence-electron chi connectivity index (χ3n) is 3.26. The average molecular weight is 305 g/mol. The van der Waals surface area contributed by atoms with E-state index in [1.54, 1.807) is 39.4 Å². The number of nitrogens with zero attached hydrogens (tertiary/aromatic N) is 4. The first-order valence-corrected chi connectivity index (χ1v) is 7.47. The number of halogens is 1. The Kier molecular flexibility index (Phi) is 2.61. The summed E-state index contributed by atoms with van der Waals surface area (Å²) < 4.78 is 3.45. The minimum absolute atomic E-state index is 0.0486. The first kappa shape index (κ1) is 12.0. The molecular weight excluding hydrogens is 296 g/mol. The molecule has 3 heterocycles. The molecule has 0 aliphatic carbocycles. The van der Waals surface area contributed by atoms with Gasteiger partial charge in [-0.1, -0.05) is 29.4 Å². The van der Waals surface area contributed by atoms with E-state index in [0.717, 1.165) is 16.6 Å². The molecule has 7 heteroatoms. The van der Waals surface area contributed by atoms with Gasteiger partial charge in [0.05, 0.1) is 0 Å². The van der Waals surface area contributed by atoms with Gasteiger partial charge in [0.2, 0.25) is 0 Å². The van der Waals surface area contributed by atoms with E-state index in [1.807, 2.05) is 12.1 Å². The highest BCUT2D eigenvalue weighted by molar-refractivity contribution is 7.99. The Morgan fingerprint density at radius 1 is 1.35 bits per heavy atom. The summed E-state index contributed by atoms with van der Waals surface area (Å²) >= 11 is 7.60. The molecule has 2 aromatic heterocycles. The molecule has 100 valence electrons. The van der Waals surface area contributed by atoms with Gasteiger partial charge in [0, 0.05) is 23.0 Å². The Bertz CT molecular complexity index is 886. The third kappa shape index (κ3) is 1.68. The largest absolute Gasteiger partial charge is 0.293 e. The molecule has 0 unspecified atom stereocenters. The van der Waals surface area contributed by atoms with Gasteiger partial charge in [-0.05, 0) is 18.2 Å². The molecule has 0 fully saturated rings. The van der Waals surface area contributed by atoms with E-state index in [-0.39, 0.29) is 5.56 Å². The van der Waals surface area contributed by atoms with Gasteiger partial charge in [0.1, 0.15) is 6.33 Å². The van der Waals surface area contributed by atoms with E-state index >= 15 is 0 Å². The standard InChI is InChI=1S/C13H9ClN4OS/c14-8-2-1-3-9(6-8)18-7-15-11-10(18)12(19)17-4-5-20-13(17)16-11/h1-3,6-7H,4-5H2. The second-order valence-corrected chi connectivity index (χ2v) is 5.96. The lowest BCUT2D eigenvalue weighted by Gasteiger charge is -2.05. The van der Waals surface area contributed by atoms with Crippen LogP contribution in [0.2, 0.25) is 5.02 Å². The molecule has 0 radical (unpaired) electrons. The van der Waals surface area contributed by atoms with Crippen molar-refractivity contribution in [1.82, 2.24) is 19.1 Å². The molecule has 0 saturated carbocycles. The van der Waals surface area contributed by atoms with Gasteiger partial charge in [-0.3, -0.25) is 13.9 Å². The fourth-order valence-corrected chi connectivity index (χ4v) is 3.46. The minimum Gasteiger partial charge on any atom is -0.293 e. The maximum absolute atomic E-state index is 12.6. The Labute approximate surface area is 123 Å². The van der Waals surface area contributed by atoms with Crippen LogP contribution in [0.4, 0.5) is 0 Å². The lowest BCUT2D eigenvalue weighted by atomic mass is 10.3. The molecule has 4 rings (SSSR count). The molecule has 5 nitrogen and oxygen atoms in total. The fraction of sp³-hybridized carbons (Fsp3) is 0.154. The summed E-state index contributed by atoms with van der Waals surface area (Å²) in [5.41, 5.74) is 1.74. The highest BCUT2D eigenvalue weighted by atomic mass is 35.5. The maximum atomic E-state index is 12.6. The van der Waals surface area contributed by atoms with Crippen molar-refractivity contribution in [2.45, 2.75) is 11.7 Å². The molecule has 20 heavy (non-hydrogen) atoms. The van der Waals surface area contributed by atoms with Crippen LogP contribution < -0.4 is 5.56 Å². The first-order valence-electron chi connectivity index (χ1n) is 6.11. The van der Waals surface area contributed by atoms with E-state index in [9.17, 15) is 4.79 Å². The van der Waals surface area contributed by atoms with Crippen molar-refractivity contribution in [2.24, 2.45) is 0 Å². The van der Waals surface area contributed by atoms with E-state index in [0.29, 0.717) is 22.7 Å². The molecule has 0 bridgehead atoms. The number of thioether (sulfide) groups is 1. The first-order chi connectivity index (χ1) is 9.74. The highest BCUT2D eigenvalue weighted by Crippen LogP contribution is 2.24. The van der Waals surface area contributed by atoms with Crippen LogP contribution in [0.5, 0.6) is 0 Å². The zero-order valence-electron chi connectivity index (χ0n) is 10.3. The van der Waals surface area contributed by atoms with Crippen molar-refractivity contribution in [3.8, 4) is 5.69 Å². The molecule has 0 N–H and O–H groups in total. The zero-order chi connectivity index (χ0) is 13.7. The van der Waals surface area contributed by atoms with Gasteiger partial charge in [-0.15, -0.1) is 0 Å². The highest BCUT2D eigenvalue weighted by Gasteiger charge is 2.20. The minimum atomic E-state index is -0.0486. The van der Waals surface area contributed by atoms with E-state index in [4.69, 9.17) is 11.6 Å². The molecular formula is C13H9ClN4OS. The van der Waals surface area contributed by atoms with Crippen molar-refractivity contribution in [2.75, 3.05) is 5.75 Å². The molecule has 1 aliphatic heterocycles. The molecule has 1 aliphatic rings. The fourth-order valence-electron chi connectivity index (χ4n) is 2.34. The Balaban J connectivity index is 2.05. The summed E-state index contributed by atoms with van der Waals surface area (Å²) in [6, 6.07) is 7.33. The Morgan fingerprint density at radius 3 is 3.10 bits per heavy atom. The predicted molar refractivity (Wildman–Crippen MR) is 78.9 cm³/mol. The summed E-state index contributed by atoms with van der Waals surface area (Å²) in [4.78, 5) is 21.3. The summed E-state index contributed by atoms with van der Waals surface area (Å²) in [5.74, 6) is 0.881. The number of hydrogen-bond donors (Lipinski definition) is 0. The summed E-state index contributed by atoms with van der Waals surface area (Å²) in [7, 11) is 0. The monoisotopic (exact) mass is 304 g/mol. The van der Waals surface area contributed by atoms with Crippen LogP contribution in [0.25, 0.3) is 16.9 Å². The lowest BCUT2D eigenvalue weighted by molar-refractivity contribution is 0.665. The van der Waals surface area contributed by atoms with Crippen LogP contribution in [0.1, 0.15) is 0 Å². The van der Waals surface area contributed by atoms with Crippen LogP contribution in [0, 0.1) is 0 Å². The molecule has 0 atom stereocenters. The summed E-state index contributed by atoms with van der Waals surface area (Å²) in [5, 5.41) is 1.37. The molecule has 0 amide bonds. The van der Waals surface area contributed by atoms with Crippen LogP contribution in [-0.4, -0.2) is 24.9 Å². The van der Waals surface area contributed by atoms with Gasteiger partial charge < -0.3 is 0 Å². The van der Waals surface area contributed by atoms with Gasteiger partial charge in [0.15, 0.2) is 16.3 Å². The average Bonchev–Trinajstić information content (AvgIpc) is 3.05. The van der Waals surface area contributed by atoms with E-state index in [1.165, 1.54) is 0 Å². The maximum Gasteiger partial charge on any atom is 0.280 e. The van der Waals surface area contributed by atoms with Gasteiger partial charge in [0.25, 0.3) is 5.56 Å². The SMILES string of the molecule is O=c1c2c(ncn2-c2cccc(Cl)c2)nc2n1CCS2. The molecule has 0 spiro atoms. The van der Waals surface area contributed by atoms with Crippen LogP contribution in [0.15, 0.2) is 40.5 Å². The lowest BCUT2D eigenvalue weighted by Crippen LogP contribution is -2.22.